The number of fused-ring (bicyclic) bond motifs is 3. The van der Waals surface area contributed by atoms with Crippen LogP contribution < -0.4 is 16.0 Å². The van der Waals surface area contributed by atoms with Gasteiger partial charge in [0.1, 0.15) is 22.8 Å². The van der Waals surface area contributed by atoms with Crippen LogP contribution in [0.2, 0.25) is 0 Å². The molecule has 4 atom stereocenters. The van der Waals surface area contributed by atoms with Crippen molar-refractivity contribution in [3.8, 4) is 5.75 Å². The van der Waals surface area contributed by atoms with Gasteiger partial charge in [-0.25, -0.2) is 0 Å². The Morgan fingerprint density at radius 1 is 1.14 bits per heavy atom. The summed E-state index contributed by atoms with van der Waals surface area (Å²) in [5.74, 6) is -5.48. The maximum Gasteiger partial charge on any atom is 0.255 e. The summed E-state index contributed by atoms with van der Waals surface area (Å²) >= 11 is 0. The average molecular weight is 577 g/mol. The van der Waals surface area contributed by atoms with E-state index in [1.54, 1.807) is 19.0 Å². The Morgan fingerprint density at radius 2 is 1.81 bits per heavy atom. The molecule has 11 heteroatoms. The molecule has 3 aliphatic carbocycles. The van der Waals surface area contributed by atoms with Gasteiger partial charge in [0.25, 0.3) is 5.91 Å². The first-order valence-electron chi connectivity index (χ1n) is 13.7. The van der Waals surface area contributed by atoms with Gasteiger partial charge in [-0.1, -0.05) is 18.2 Å². The summed E-state index contributed by atoms with van der Waals surface area (Å²) in [5, 5.41) is 38.2. The van der Waals surface area contributed by atoms with Crippen LogP contribution in [0.4, 0.5) is 11.4 Å². The molecule has 222 valence electrons. The molecule has 0 aliphatic heterocycles. The summed E-state index contributed by atoms with van der Waals surface area (Å²) in [4.78, 5) is 43.8. The molecule has 1 amide bonds. The number of anilines is 2. The second kappa shape index (κ2) is 10.5. The van der Waals surface area contributed by atoms with Gasteiger partial charge in [0.2, 0.25) is 5.78 Å². The molecule has 0 spiro atoms. The summed E-state index contributed by atoms with van der Waals surface area (Å²) in [6.07, 6.45) is 0.392. The van der Waals surface area contributed by atoms with Crippen molar-refractivity contribution in [2.75, 3.05) is 45.5 Å². The number of amides is 1. The first-order valence-corrected chi connectivity index (χ1v) is 13.7. The van der Waals surface area contributed by atoms with Crippen molar-refractivity contribution in [2.24, 2.45) is 17.6 Å². The lowest BCUT2D eigenvalue weighted by Crippen LogP contribution is -2.64. The molecule has 0 aromatic heterocycles. The van der Waals surface area contributed by atoms with E-state index in [9.17, 15) is 29.7 Å². The van der Waals surface area contributed by atoms with Crippen molar-refractivity contribution >= 4 is 28.8 Å². The van der Waals surface area contributed by atoms with Crippen molar-refractivity contribution in [3.63, 3.8) is 0 Å². The third-order valence-corrected chi connectivity index (χ3v) is 8.72. The number of benzene rings is 2. The number of likely N-dealkylation sites (N-methyl/N-ethyl adjacent to an activating group) is 1. The monoisotopic (exact) mass is 576 g/mol. The number of allylic oxidation sites excluding steroid dienone is 1. The number of nitrogens with zero attached hydrogens (tertiary/aromatic N) is 2. The minimum Gasteiger partial charge on any atom is -0.508 e. The third-order valence-electron chi connectivity index (χ3n) is 8.72. The molecule has 0 unspecified atom stereocenters. The van der Waals surface area contributed by atoms with Crippen LogP contribution >= 0.6 is 0 Å². The van der Waals surface area contributed by atoms with E-state index in [4.69, 9.17) is 10.5 Å². The van der Waals surface area contributed by atoms with Crippen LogP contribution in [0.25, 0.3) is 0 Å². The normalized spacial score (nSPS) is 25.2. The number of primary amides is 1. The summed E-state index contributed by atoms with van der Waals surface area (Å²) in [6, 6.07) is 10.4. The van der Waals surface area contributed by atoms with E-state index in [-0.39, 0.29) is 42.0 Å². The van der Waals surface area contributed by atoms with Crippen molar-refractivity contribution in [2.45, 2.75) is 31.0 Å². The molecule has 0 saturated carbocycles. The third kappa shape index (κ3) is 4.23. The zero-order chi connectivity index (χ0) is 30.7. The van der Waals surface area contributed by atoms with Crippen molar-refractivity contribution in [1.29, 1.82) is 0 Å². The Balaban J connectivity index is 1.67. The zero-order valence-corrected chi connectivity index (χ0v) is 24.3. The number of phenolic OH excluding ortho intramolecular Hbond substituents is 1. The minimum absolute atomic E-state index is 0.00754. The molecule has 0 radical (unpaired) electrons. The van der Waals surface area contributed by atoms with Crippen LogP contribution in [0.1, 0.15) is 27.9 Å². The number of aliphatic hydroxyl groups is 2. The summed E-state index contributed by atoms with van der Waals surface area (Å²) in [6.45, 7) is 0.216. The molecule has 5 rings (SSSR count). The maximum absolute atomic E-state index is 14.2. The van der Waals surface area contributed by atoms with Crippen molar-refractivity contribution < 1.29 is 34.4 Å². The fourth-order valence-electron chi connectivity index (χ4n) is 6.84. The molecule has 2 aromatic rings. The number of nitrogens with two attached hydrogens (primary N) is 1. The van der Waals surface area contributed by atoms with Crippen LogP contribution in [-0.4, -0.2) is 84.6 Å². The van der Waals surface area contributed by atoms with Gasteiger partial charge in [-0.15, -0.1) is 0 Å². The predicted molar refractivity (Wildman–Crippen MR) is 156 cm³/mol. The van der Waals surface area contributed by atoms with E-state index in [0.717, 1.165) is 11.4 Å². The lowest BCUT2D eigenvalue weighted by Gasteiger charge is -2.50. The fraction of sp³-hybridized carbons (Fsp3) is 0.387. The summed E-state index contributed by atoms with van der Waals surface area (Å²) < 4.78 is 5.48. The molecule has 2 aromatic carbocycles. The van der Waals surface area contributed by atoms with Crippen LogP contribution in [-0.2, 0) is 27.3 Å². The number of hydrogen-bond acceptors (Lipinski definition) is 10. The van der Waals surface area contributed by atoms with Crippen molar-refractivity contribution in [1.82, 2.24) is 4.90 Å². The average Bonchev–Trinajstić information content (AvgIpc) is 2.93. The van der Waals surface area contributed by atoms with Gasteiger partial charge in [-0.05, 0) is 56.6 Å². The molecule has 6 N–H and O–H groups in total. The molecule has 0 bridgehead atoms. The number of ether oxygens (including phenoxy) is 1. The number of methoxy groups -OCH3 is 1. The largest absolute Gasteiger partial charge is 0.508 e. The number of nitrogens with one attached hydrogen (secondary N) is 1. The minimum atomic E-state index is -2.59. The molecule has 0 heterocycles. The molecule has 42 heavy (non-hydrogen) atoms. The van der Waals surface area contributed by atoms with E-state index in [0.29, 0.717) is 11.1 Å². The number of hydrogen-bond donors (Lipinski definition) is 5. The Hall–Kier alpha value is -4.35. The topological polar surface area (TPSA) is 166 Å². The summed E-state index contributed by atoms with van der Waals surface area (Å²) in [5.41, 5.74) is 4.91. The quantitative estimate of drug-likeness (QED) is 0.307. The standard InChI is InChI=1S/C31H36N4O7/c1-34(2)20-13-16(14-33-17-9-7-6-8-10-17)25(36)22-18(20)11-15-12-19-24(35(3)4)27(42-5)23(30(32)40)29(39)31(19,41)28(38)21(15)26(22)37/h6-10,13,15,19,24,33,36,38,41H,11-12,14H2,1-5H3,(H2,32,40)/t15-,19-,24-,31-/m0/s1. The van der Waals surface area contributed by atoms with Crippen LogP contribution in [0.3, 0.4) is 0 Å². The number of Topliss-reactive ketones (excluding diaryl/α,β-unsaturated/α-hetero) is 2. The Morgan fingerprint density at radius 3 is 2.38 bits per heavy atom. The maximum atomic E-state index is 14.2. The molecular formula is C31H36N4O7. The first-order chi connectivity index (χ1) is 19.8. The van der Waals surface area contributed by atoms with Gasteiger partial charge in [-0.2, -0.15) is 0 Å². The number of para-hydroxylation sites is 1. The van der Waals surface area contributed by atoms with Gasteiger partial charge >= 0.3 is 0 Å². The lowest BCUT2D eigenvalue weighted by molar-refractivity contribution is -0.148. The van der Waals surface area contributed by atoms with Crippen LogP contribution in [0.5, 0.6) is 5.75 Å². The van der Waals surface area contributed by atoms with E-state index in [1.807, 2.05) is 55.4 Å². The lowest BCUT2D eigenvalue weighted by atomic mass is 9.58. The molecule has 11 nitrogen and oxygen atoms in total. The predicted octanol–water partition coefficient (Wildman–Crippen LogP) is 1.89. The highest BCUT2D eigenvalue weighted by Crippen LogP contribution is 2.53. The Bertz CT molecular complexity index is 1550. The van der Waals surface area contributed by atoms with Gasteiger partial charge in [0, 0.05) is 49.1 Å². The first kappa shape index (κ1) is 29.2. The SMILES string of the molecule is COC1=C(C(N)=O)C(=O)[C@@]2(O)C(O)=C3C(=O)c4c(O)c(CNc5ccccc5)cc(N(C)C)c4C[C@H]3C[C@H]2[C@@H]1N(C)C. The molecular weight excluding hydrogens is 540 g/mol. The number of carbonyl (C=O) groups is 3. The van der Waals surface area contributed by atoms with E-state index in [1.165, 1.54) is 7.11 Å². The van der Waals surface area contributed by atoms with Gasteiger partial charge in [0.05, 0.1) is 18.7 Å². The fourth-order valence-corrected chi connectivity index (χ4v) is 6.84. The van der Waals surface area contributed by atoms with Gasteiger partial charge in [-0.3, -0.25) is 19.3 Å². The number of phenols is 1. The van der Waals surface area contributed by atoms with E-state index >= 15 is 0 Å². The van der Waals surface area contributed by atoms with Gasteiger partial charge in [0.15, 0.2) is 11.4 Å². The molecule has 0 fully saturated rings. The Kier molecular flexibility index (Phi) is 7.28. The number of rotatable bonds is 7. The highest BCUT2D eigenvalue weighted by atomic mass is 16.5. The second-order valence-electron chi connectivity index (χ2n) is 11.5. The van der Waals surface area contributed by atoms with Crippen LogP contribution in [0.15, 0.2) is 59.1 Å². The van der Waals surface area contributed by atoms with Crippen LogP contribution in [0, 0.1) is 11.8 Å². The molecule has 0 saturated heterocycles. The smallest absolute Gasteiger partial charge is 0.255 e. The van der Waals surface area contributed by atoms with Crippen molar-refractivity contribution in [3.05, 3.63) is 75.8 Å². The number of ketones is 2. The number of aliphatic hydroxyl groups excluding tert-OH is 1. The highest BCUT2D eigenvalue weighted by molar-refractivity contribution is 6.25. The molecule has 3 aliphatic rings. The summed E-state index contributed by atoms with van der Waals surface area (Å²) in [7, 11) is 8.40. The number of carbonyl (C=O) groups excluding carboxylic acids is 3. The van der Waals surface area contributed by atoms with Gasteiger partial charge < -0.3 is 36.0 Å². The van der Waals surface area contributed by atoms with E-state index in [2.05, 4.69) is 5.32 Å². The number of aromatic hydroxyl groups is 1. The highest BCUT2D eigenvalue weighted by Gasteiger charge is 2.63. The zero-order valence-electron chi connectivity index (χ0n) is 24.3. The Labute approximate surface area is 243 Å². The second-order valence-corrected chi connectivity index (χ2v) is 11.5. The van der Waals surface area contributed by atoms with E-state index < -0.39 is 52.3 Å².